The van der Waals surface area contributed by atoms with Crippen molar-refractivity contribution in [2.75, 3.05) is 32.1 Å². The lowest BCUT2D eigenvalue weighted by molar-refractivity contribution is -0.118. The van der Waals surface area contributed by atoms with E-state index >= 15 is 0 Å². The molecule has 1 amide bonds. The summed E-state index contributed by atoms with van der Waals surface area (Å²) in [5.74, 6) is 1.67. The normalized spacial score (nSPS) is 22.2. The standard InChI is InChI=1S/C20H29ClN2O2/c1-14(2)6-9-23-10-7-20(8-11-23)13-16(20)19(24)22-15-4-5-18(25-3)17(21)12-15/h4-5,12,14,16H,6-11,13H2,1-3H3,(H,22,24)/t16-/m0/s1. The van der Waals surface area contributed by atoms with Crippen LogP contribution in [0.15, 0.2) is 18.2 Å². The topological polar surface area (TPSA) is 41.6 Å². The van der Waals surface area contributed by atoms with E-state index in [0.29, 0.717) is 10.8 Å². The van der Waals surface area contributed by atoms with Crippen molar-refractivity contribution in [3.05, 3.63) is 23.2 Å². The quantitative estimate of drug-likeness (QED) is 0.811. The first-order valence-electron chi connectivity index (χ1n) is 9.30. The first-order chi connectivity index (χ1) is 11.9. The number of hydrogen-bond donors (Lipinski definition) is 1. The van der Waals surface area contributed by atoms with Crippen molar-refractivity contribution in [1.82, 2.24) is 4.90 Å². The molecule has 1 aromatic carbocycles. The van der Waals surface area contributed by atoms with Crippen LogP contribution in [0.3, 0.4) is 0 Å². The lowest BCUT2D eigenvalue weighted by Gasteiger charge is -2.33. The Hall–Kier alpha value is -1.26. The lowest BCUT2D eigenvalue weighted by atomic mass is 9.90. The van der Waals surface area contributed by atoms with Gasteiger partial charge in [-0.3, -0.25) is 4.79 Å². The molecule has 1 saturated heterocycles. The molecular weight excluding hydrogens is 336 g/mol. The predicted molar refractivity (Wildman–Crippen MR) is 102 cm³/mol. The fraction of sp³-hybridized carbons (Fsp3) is 0.650. The van der Waals surface area contributed by atoms with Crippen molar-refractivity contribution in [2.24, 2.45) is 17.3 Å². The minimum absolute atomic E-state index is 0.136. The molecule has 1 atom stereocenters. The fourth-order valence-corrected chi connectivity index (χ4v) is 4.16. The Morgan fingerprint density at radius 1 is 1.40 bits per heavy atom. The third-order valence-corrected chi connectivity index (χ3v) is 6.10. The van der Waals surface area contributed by atoms with E-state index in [9.17, 15) is 4.79 Å². The van der Waals surface area contributed by atoms with Gasteiger partial charge in [-0.25, -0.2) is 0 Å². The van der Waals surface area contributed by atoms with Gasteiger partial charge in [0.15, 0.2) is 0 Å². The van der Waals surface area contributed by atoms with E-state index in [4.69, 9.17) is 16.3 Å². The second kappa shape index (κ2) is 7.55. The number of carbonyl (C=O) groups is 1. The van der Waals surface area contributed by atoms with Crippen molar-refractivity contribution in [2.45, 2.75) is 39.5 Å². The number of benzene rings is 1. The molecule has 1 aromatic rings. The molecule has 2 fully saturated rings. The van der Waals surface area contributed by atoms with E-state index in [1.54, 1.807) is 19.2 Å². The predicted octanol–water partition coefficient (Wildman–Crippen LogP) is 4.44. The molecule has 138 valence electrons. The monoisotopic (exact) mass is 364 g/mol. The highest BCUT2D eigenvalue weighted by molar-refractivity contribution is 6.32. The summed E-state index contributed by atoms with van der Waals surface area (Å²) in [5.41, 5.74) is 0.988. The van der Waals surface area contributed by atoms with Gasteiger partial charge >= 0.3 is 0 Å². The summed E-state index contributed by atoms with van der Waals surface area (Å²) in [7, 11) is 1.58. The zero-order valence-corrected chi connectivity index (χ0v) is 16.2. The van der Waals surface area contributed by atoms with Gasteiger partial charge in [0, 0.05) is 11.6 Å². The van der Waals surface area contributed by atoms with Gasteiger partial charge in [-0.1, -0.05) is 25.4 Å². The summed E-state index contributed by atoms with van der Waals surface area (Å²) in [6.45, 7) is 8.00. The first-order valence-corrected chi connectivity index (χ1v) is 9.68. The van der Waals surface area contributed by atoms with Crippen LogP contribution in [0.4, 0.5) is 5.69 Å². The lowest BCUT2D eigenvalue weighted by Crippen LogP contribution is -2.37. The van der Waals surface area contributed by atoms with Crippen LogP contribution < -0.4 is 10.1 Å². The Morgan fingerprint density at radius 3 is 2.72 bits per heavy atom. The van der Waals surface area contributed by atoms with Crippen LogP contribution >= 0.6 is 11.6 Å². The molecule has 1 spiro atoms. The Bertz CT molecular complexity index is 624. The van der Waals surface area contributed by atoms with Crippen LogP contribution in [0.25, 0.3) is 0 Å². The van der Waals surface area contributed by atoms with E-state index in [-0.39, 0.29) is 17.2 Å². The number of halogens is 1. The average Bonchev–Trinajstić information content (AvgIpc) is 3.28. The maximum atomic E-state index is 12.6. The van der Waals surface area contributed by atoms with Crippen LogP contribution in [0, 0.1) is 17.3 Å². The van der Waals surface area contributed by atoms with Crippen molar-refractivity contribution < 1.29 is 9.53 Å². The van der Waals surface area contributed by atoms with Crippen molar-refractivity contribution >= 4 is 23.2 Å². The molecule has 0 bridgehead atoms. The van der Waals surface area contributed by atoms with Gasteiger partial charge in [-0.15, -0.1) is 0 Å². The summed E-state index contributed by atoms with van der Waals surface area (Å²) >= 11 is 6.14. The largest absolute Gasteiger partial charge is 0.495 e. The van der Waals surface area contributed by atoms with E-state index < -0.39 is 0 Å². The van der Waals surface area contributed by atoms with Crippen LogP contribution in [0.1, 0.15) is 39.5 Å². The maximum absolute atomic E-state index is 12.6. The highest BCUT2D eigenvalue weighted by atomic mass is 35.5. The Kier molecular flexibility index (Phi) is 5.59. The SMILES string of the molecule is COc1ccc(NC(=O)[C@@H]2CC23CCN(CCC(C)C)CC3)cc1Cl. The van der Waals surface area contributed by atoms with Gasteiger partial charge in [0.05, 0.1) is 12.1 Å². The zero-order chi connectivity index (χ0) is 18.0. The smallest absolute Gasteiger partial charge is 0.228 e. The summed E-state index contributed by atoms with van der Waals surface area (Å²) in [6, 6.07) is 5.38. The van der Waals surface area contributed by atoms with Gasteiger partial charge in [0.2, 0.25) is 5.91 Å². The Balaban J connectivity index is 1.50. The minimum Gasteiger partial charge on any atom is -0.495 e. The minimum atomic E-state index is 0.136. The highest BCUT2D eigenvalue weighted by Gasteiger charge is 2.58. The second-order valence-corrected chi connectivity index (χ2v) is 8.39. The Labute approximate surface area is 155 Å². The van der Waals surface area contributed by atoms with Crippen molar-refractivity contribution in [3.8, 4) is 5.75 Å². The van der Waals surface area contributed by atoms with Gasteiger partial charge in [-0.2, -0.15) is 0 Å². The third kappa shape index (κ3) is 4.29. The second-order valence-electron chi connectivity index (χ2n) is 7.98. The maximum Gasteiger partial charge on any atom is 0.228 e. The van der Waals surface area contributed by atoms with Crippen molar-refractivity contribution in [3.63, 3.8) is 0 Å². The number of rotatable bonds is 6. The molecule has 2 aliphatic rings. The molecule has 25 heavy (non-hydrogen) atoms. The number of carbonyl (C=O) groups excluding carboxylic acids is 1. The van der Waals surface area contributed by atoms with E-state index in [0.717, 1.165) is 44.0 Å². The molecule has 4 nitrogen and oxygen atoms in total. The molecule has 0 aromatic heterocycles. The molecule has 1 aliphatic carbocycles. The van der Waals surface area contributed by atoms with Gasteiger partial charge < -0.3 is 15.0 Å². The number of amides is 1. The van der Waals surface area contributed by atoms with Crippen molar-refractivity contribution in [1.29, 1.82) is 0 Å². The summed E-state index contributed by atoms with van der Waals surface area (Å²) in [6.07, 6.45) is 4.58. The number of anilines is 1. The van der Waals surface area contributed by atoms with E-state index in [1.165, 1.54) is 13.0 Å². The number of hydrogen-bond acceptors (Lipinski definition) is 3. The number of nitrogens with zero attached hydrogens (tertiary/aromatic N) is 1. The molecule has 1 N–H and O–H groups in total. The van der Waals surface area contributed by atoms with Gasteiger partial charge in [-0.05, 0) is 74.8 Å². The summed E-state index contributed by atoms with van der Waals surface area (Å²) in [4.78, 5) is 15.2. The molecule has 0 unspecified atom stereocenters. The number of nitrogens with one attached hydrogen (secondary N) is 1. The first kappa shape index (κ1) is 18.5. The van der Waals surface area contributed by atoms with E-state index in [1.807, 2.05) is 6.07 Å². The summed E-state index contributed by atoms with van der Waals surface area (Å²) < 4.78 is 5.15. The average molecular weight is 365 g/mol. The van der Waals surface area contributed by atoms with Crippen LogP contribution in [-0.4, -0.2) is 37.6 Å². The molecule has 1 aliphatic heterocycles. The fourth-order valence-electron chi connectivity index (χ4n) is 3.91. The zero-order valence-electron chi connectivity index (χ0n) is 15.5. The molecule has 1 saturated carbocycles. The molecule has 0 radical (unpaired) electrons. The number of piperidine rings is 1. The van der Waals surface area contributed by atoms with Gasteiger partial charge in [0.25, 0.3) is 0 Å². The van der Waals surface area contributed by atoms with Crippen LogP contribution in [0.2, 0.25) is 5.02 Å². The summed E-state index contributed by atoms with van der Waals surface area (Å²) in [5, 5.41) is 3.54. The molecule has 1 heterocycles. The number of ether oxygens (including phenoxy) is 1. The number of likely N-dealkylation sites (tertiary alicyclic amines) is 1. The highest BCUT2D eigenvalue weighted by Crippen LogP contribution is 2.59. The van der Waals surface area contributed by atoms with Crippen LogP contribution in [-0.2, 0) is 4.79 Å². The van der Waals surface area contributed by atoms with E-state index in [2.05, 4.69) is 24.1 Å². The molecule has 3 rings (SSSR count). The van der Waals surface area contributed by atoms with Gasteiger partial charge in [0.1, 0.15) is 5.75 Å². The molecule has 5 heteroatoms. The number of methoxy groups -OCH3 is 1. The molecular formula is C20H29ClN2O2. The Morgan fingerprint density at radius 2 is 2.12 bits per heavy atom. The third-order valence-electron chi connectivity index (χ3n) is 5.80. The van der Waals surface area contributed by atoms with Crippen LogP contribution in [0.5, 0.6) is 5.75 Å².